The van der Waals surface area contributed by atoms with Crippen LogP contribution in [0.1, 0.15) is 11.1 Å². The van der Waals surface area contributed by atoms with Gasteiger partial charge in [0.1, 0.15) is 11.7 Å². The lowest BCUT2D eigenvalue weighted by Gasteiger charge is -2.10. The number of rotatable bonds is 4. The number of amides is 2. The van der Waals surface area contributed by atoms with E-state index in [4.69, 9.17) is 19.8 Å². The number of nitrogens with zero attached hydrogens (tertiary/aromatic N) is 2. The lowest BCUT2D eigenvalue weighted by molar-refractivity contribution is -0.123. The average molecular weight is 440 g/mol. The number of carbonyl (C=O) groups excluding carboxylic acids is 1. The molecule has 0 radical (unpaired) electrons. The van der Waals surface area contributed by atoms with E-state index < -0.39 is 0 Å². The molecule has 2 aromatic rings. The van der Waals surface area contributed by atoms with E-state index in [9.17, 15) is 4.79 Å². The molecular formula is C21H24N6O5. The Kier molecular flexibility index (Phi) is 9.70. The first-order valence-corrected chi connectivity index (χ1v) is 9.62. The molecule has 11 nitrogen and oxygen atoms in total. The number of benzene rings is 2. The van der Waals surface area contributed by atoms with Crippen LogP contribution >= 0.6 is 0 Å². The fourth-order valence-corrected chi connectivity index (χ4v) is 2.96. The Morgan fingerprint density at radius 1 is 0.812 bits per heavy atom. The number of nitrogens with one attached hydrogen (secondary N) is 4. The van der Waals surface area contributed by atoms with Gasteiger partial charge in [-0.1, -0.05) is 24.3 Å². The van der Waals surface area contributed by atoms with Crippen LogP contribution in [-0.4, -0.2) is 67.0 Å². The normalized spacial score (nSPS) is 13.4. The first-order chi connectivity index (χ1) is 15.6. The SMILES string of the molecule is O=C(Nc1cccc(C2=NCCN2)c1)Nc1cccc(C2=NCCN2)c1.O=CO.O=CO. The van der Waals surface area contributed by atoms with Crippen LogP contribution in [-0.2, 0) is 9.59 Å². The largest absolute Gasteiger partial charge is 0.483 e. The molecule has 11 heteroatoms. The summed E-state index contributed by atoms with van der Waals surface area (Å²) >= 11 is 0. The van der Waals surface area contributed by atoms with Crippen LogP contribution in [0, 0.1) is 0 Å². The standard InChI is InChI=1S/C19H20N6O.2CH2O2/c26-19(24-15-5-1-3-13(11-15)17-20-7-8-21-17)25-16-6-2-4-14(12-16)18-22-9-10-23-18;2*2-1-3/h1-6,11-12H,7-10H2,(H,20,21)(H,22,23)(H2,24,25,26);2*1H,(H,2,3). The first kappa shape index (κ1) is 23.9. The van der Waals surface area contributed by atoms with Crippen LogP contribution < -0.4 is 21.3 Å². The third-order valence-corrected chi connectivity index (χ3v) is 4.14. The minimum absolute atomic E-state index is 0.250. The monoisotopic (exact) mass is 440 g/mol. The van der Waals surface area contributed by atoms with Crippen LogP contribution in [0.15, 0.2) is 58.5 Å². The third kappa shape index (κ3) is 7.44. The third-order valence-electron chi connectivity index (χ3n) is 4.14. The smallest absolute Gasteiger partial charge is 0.323 e. The Bertz CT molecular complexity index is 915. The van der Waals surface area contributed by atoms with Crippen molar-refractivity contribution in [3.63, 3.8) is 0 Å². The van der Waals surface area contributed by atoms with Crippen molar-refractivity contribution in [3.8, 4) is 0 Å². The second-order valence-electron chi connectivity index (χ2n) is 6.27. The quantitative estimate of drug-likeness (QED) is 0.391. The van der Waals surface area contributed by atoms with Gasteiger partial charge in [-0.05, 0) is 24.3 Å². The fourth-order valence-electron chi connectivity index (χ4n) is 2.96. The highest BCUT2D eigenvalue weighted by Gasteiger charge is 2.11. The molecule has 2 amide bonds. The number of aliphatic imine (C=N–C) groups is 2. The van der Waals surface area contributed by atoms with Crippen LogP contribution in [0.4, 0.5) is 16.2 Å². The zero-order chi connectivity index (χ0) is 23.2. The summed E-state index contributed by atoms with van der Waals surface area (Å²) in [5.74, 6) is 1.73. The van der Waals surface area contributed by atoms with Gasteiger partial charge in [0.25, 0.3) is 12.9 Å². The van der Waals surface area contributed by atoms with Gasteiger partial charge in [0, 0.05) is 35.6 Å². The Labute approximate surface area is 184 Å². The molecule has 168 valence electrons. The maximum atomic E-state index is 12.3. The van der Waals surface area contributed by atoms with Crippen LogP contribution in [0.5, 0.6) is 0 Å². The topological polar surface area (TPSA) is 165 Å². The van der Waals surface area contributed by atoms with Crippen molar-refractivity contribution in [2.75, 3.05) is 36.8 Å². The number of hydrogen-bond donors (Lipinski definition) is 6. The maximum Gasteiger partial charge on any atom is 0.323 e. The number of urea groups is 1. The molecule has 2 aromatic carbocycles. The van der Waals surface area contributed by atoms with Crippen molar-refractivity contribution < 1.29 is 24.6 Å². The minimum atomic E-state index is -0.290. The Morgan fingerprint density at radius 3 is 1.56 bits per heavy atom. The zero-order valence-electron chi connectivity index (χ0n) is 17.1. The summed E-state index contributed by atoms with van der Waals surface area (Å²) in [7, 11) is 0. The van der Waals surface area contributed by atoms with E-state index in [1.807, 2.05) is 48.5 Å². The predicted molar refractivity (Wildman–Crippen MR) is 122 cm³/mol. The minimum Gasteiger partial charge on any atom is -0.483 e. The predicted octanol–water partition coefficient (Wildman–Crippen LogP) is 1.43. The van der Waals surface area contributed by atoms with Gasteiger partial charge in [0.05, 0.1) is 13.1 Å². The molecule has 4 rings (SSSR count). The van der Waals surface area contributed by atoms with Gasteiger partial charge in [-0.2, -0.15) is 0 Å². The summed E-state index contributed by atoms with van der Waals surface area (Å²) in [6.45, 7) is 2.77. The lowest BCUT2D eigenvalue weighted by Crippen LogP contribution is -2.22. The van der Waals surface area contributed by atoms with Gasteiger partial charge in [-0.3, -0.25) is 19.6 Å². The second-order valence-corrected chi connectivity index (χ2v) is 6.27. The van der Waals surface area contributed by atoms with E-state index in [0.717, 1.165) is 60.4 Å². The molecule has 2 aliphatic heterocycles. The number of carbonyl (C=O) groups is 3. The zero-order valence-corrected chi connectivity index (χ0v) is 17.1. The average Bonchev–Trinajstić information content (AvgIpc) is 3.50. The van der Waals surface area contributed by atoms with E-state index in [-0.39, 0.29) is 19.0 Å². The highest BCUT2D eigenvalue weighted by Crippen LogP contribution is 2.15. The Morgan fingerprint density at radius 2 is 1.22 bits per heavy atom. The molecule has 0 unspecified atom stereocenters. The molecule has 2 aliphatic rings. The van der Waals surface area contributed by atoms with Crippen LogP contribution in [0.2, 0.25) is 0 Å². The second kappa shape index (κ2) is 13.0. The Hall–Kier alpha value is -4.41. The van der Waals surface area contributed by atoms with Gasteiger partial charge in [-0.25, -0.2) is 4.79 Å². The van der Waals surface area contributed by atoms with Crippen LogP contribution in [0.3, 0.4) is 0 Å². The van der Waals surface area contributed by atoms with Crippen molar-refractivity contribution in [2.24, 2.45) is 9.98 Å². The lowest BCUT2D eigenvalue weighted by atomic mass is 10.2. The van der Waals surface area contributed by atoms with Crippen molar-refractivity contribution >= 4 is 42.0 Å². The molecule has 32 heavy (non-hydrogen) atoms. The molecule has 0 atom stereocenters. The summed E-state index contributed by atoms with van der Waals surface area (Å²) in [6.07, 6.45) is 0. The van der Waals surface area contributed by atoms with Crippen LogP contribution in [0.25, 0.3) is 0 Å². The van der Waals surface area contributed by atoms with Crippen molar-refractivity contribution in [1.82, 2.24) is 10.6 Å². The molecule has 0 aromatic heterocycles. The summed E-state index contributed by atoms with van der Waals surface area (Å²) in [6, 6.07) is 15.0. The molecule has 0 saturated heterocycles. The van der Waals surface area contributed by atoms with E-state index >= 15 is 0 Å². The maximum absolute atomic E-state index is 12.3. The van der Waals surface area contributed by atoms with Gasteiger partial charge in [0.2, 0.25) is 0 Å². The molecule has 0 saturated carbocycles. The van der Waals surface area contributed by atoms with Crippen molar-refractivity contribution in [1.29, 1.82) is 0 Å². The van der Waals surface area contributed by atoms with Gasteiger partial charge < -0.3 is 31.5 Å². The van der Waals surface area contributed by atoms with E-state index in [1.165, 1.54) is 0 Å². The molecule has 0 aliphatic carbocycles. The van der Waals surface area contributed by atoms with Gasteiger partial charge in [-0.15, -0.1) is 0 Å². The van der Waals surface area contributed by atoms with Gasteiger partial charge >= 0.3 is 6.03 Å². The highest BCUT2D eigenvalue weighted by molar-refractivity contribution is 6.04. The molecule has 2 heterocycles. The summed E-state index contributed by atoms with van der Waals surface area (Å²) < 4.78 is 0. The molecular weight excluding hydrogens is 416 g/mol. The van der Waals surface area contributed by atoms with E-state index in [2.05, 4.69) is 31.3 Å². The Balaban J connectivity index is 0.000000547. The number of hydrogen-bond acceptors (Lipinski definition) is 7. The van der Waals surface area contributed by atoms with Crippen molar-refractivity contribution in [2.45, 2.75) is 0 Å². The molecule has 0 bridgehead atoms. The van der Waals surface area contributed by atoms with Crippen molar-refractivity contribution in [3.05, 3.63) is 59.7 Å². The fraction of sp³-hybridized carbons (Fsp3) is 0.190. The first-order valence-electron chi connectivity index (χ1n) is 9.62. The summed E-state index contributed by atoms with van der Waals surface area (Å²) in [5, 5.41) is 26.0. The molecule has 0 spiro atoms. The number of anilines is 2. The summed E-state index contributed by atoms with van der Waals surface area (Å²) in [4.78, 5) is 37.9. The van der Waals surface area contributed by atoms with Gasteiger partial charge in [0.15, 0.2) is 0 Å². The molecule has 6 N–H and O–H groups in total. The van der Waals surface area contributed by atoms with E-state index in [0.29, 0.717) is 0 Å². The van der Waals surface area contributed by atoms with E-state index in [1.54, 1.807) is 0 Å². The number of carboxylic acid groups (broad SMARTS) is 2. The molecule has 0 fully saturated rings. The highest BCUT2D eigenvalue weighted by atomic mass is 16.3. The number of amidine groups is 2. The summed E-state index contributed by atoms with van der Waals surface area (Å²) in [5.41, 5.74) is 3.36.